The maximum absolute atomic E-state index is 12.3. The molecule has 0 bridgehead atoms. The van der Waals surface area contributed by atoms with Gasteiger partial charge in [-0.2, -0.15) is 0 Å². The monoisotopic (exact) mass is 245 g/mol. The smallest absolute Gasteiger partial charge is 0.254 e. The summed E-state index contributed by atoms with van der Waals surface area (Å²) in [6, 6.07) is 5.52. The van der Waals surface area contributed by atoms with Crippen molar-refractivity contribution in [3.63, 3.8) is 0 Å². The number of benzene rings is 1. The van der Waals surface area contributed by atoms with Gasteiger partial charge < -0.3 is 16.0 Å². The summed E-state index contributed by atoms with van der Waals surface area (Å²) in [5.74, 6) is 0.0911. The molecule has 0 radical (unpaired) electrons. The third-order valence-corrected chi connectivity index (χ3v) is 3.71. The molecule has 3 N–H and O–H groups in total. The SMILES string of the molecule is Nc1cccc2c1CN(C1CCC(=O)NC1)C2=O. The molecule has 94 valence electrons. The molecule has 5 heteroatoms. The lowest BCUT2D eigenvalue weighted by Crippen LogP contribution is -2.48. The summed E-state index contributed by atoms with van der Waals surface area (Å²) in [5.41, 5.74) is 8.19. The number of amides is 2. The highest BCUT2D eigenvalue weighted by atomic mass is 16.2. The van der Waals surface area contributed by atoms with Gasteiger partial charge in [0.1, 0.15) is 0 Å². The lowest BCUT2D eigenvalue weighted by Gasteiger charge is -2.31. The van der Waals surface area contributed by atoms with E-state index in [1.807, 2.05) is 17.0 Å². The zero-order chi connectivity index (χ0) is 12.7. The van der Waals surface area contributed by atoms with E-state index in [4.69, 9.17) is 5.73 Å². The van der Waals surface area contributed by atoms with Gasteiger partial charge in [-0.3, -0.25) is 9.59 Å². The molecule has 1 fully saturated rings. The van der Waals surface area contributed by atoms with Gasteiger partial charge in [0.15, 0.2) is 0 Å². The minimum absolute atomic E-state index is 0.0263. The molecular formula is C13H15N3O2. The van der Waals surface area contributed by atoms with Crippen LogP contribution in [0, 0.1) is 0 Å². The van der Waals surface area contributed by atoms with Gasteiger partial charge in [0.2, 0.25) is 5.91 Å². The highest BCUT2D eigenvalue weighted by Crippen LogP contribution is 2.30. The van der Waals surface area contributed by atoms with Crippen LogP contribution in [0.1, 0.15) is 28.8 Å². The largest absolute Gasteiger partial charge is 0.398 e. The standard InChI is InChI=1S/C13H15N3O2/c14-11-3-1-2-9-10(11)7-16(13(9)18)8-4-5-12(17)15-6-8/h1-3,8H,4-7,14H2,(H,15,17). The normalized spacial score (nSPS) is 22.9. The van der Waals surface area contributed by atoms with Crippen LogP contribution >= 0.6 is 0 Å². The Morgan fingerprint density at radius 3 is 2.83 bits per heavy atom. The number of rotatable bonds is 1. The van der Waals surface area contributed by atoms with E-state index in [9.17, 15) is 9.59 Å². The first-order chi connectivity index (χ1) is 8.66. The van der Waals surface area contributed by atoms with E-state index in [2.05, 4.69) is 5.32 Å². The van der Waals surface area contributed by atoms with Crippen molar-refractivity contribution in [3.8, 4) is 0 Å². The molecular weight excluding hydrogens is 230 g/mol. The fourth-order valence-corrected chi connectivity index (χ4v) is 2.66. The Morgan fingerprint density at radius 2 is 2.17 bits per heavy atom. The van der Waals surface area contributed by atoms with Crippen LogP contribution in [0.15, 0.2) is 18.2 Å². The van der Waals surface area contributed by atoms with E-state index >= 15 is 0 Å². The van der Waals surface area contributed by atoms with E-state index in [-0.39, 0.29) is 17.9 Å². The Morgan fingerprint density at radius 1 is 1.33 bits per heavy atom. The van der Waals surface area contributed by atoms with Crippen LogP contribution in [0.4, 0.5) is 5.69 Å². The number of fused-ring (bicyclic) bond motifs is 1. The van der Waals surface area contributed by atoms with Crippen molar-refractivity contribution in [2.24, 2.45) is 0 Å². The summed E-state index contributed by atoms with van der Waals surface area (Å²) in [6.45, 7) is 1.10. The van der Waals surface area contributed by atoms with E-state index in [1.165, 1.54) is 0 Å². The molecule has 2 aliphatic heterocycles. The van der Waals surface area contributed by atoms with Crippen LogP contribution in [-0.2, 0) is 11.3 Å². The van der Waals surface area contributed by atoms with Crippen molar-refractivity contribution >= 4 is 17.5 Å². The molecule has 18 heavy (non-hydrogen) atoms. The number of hydrogen-bond donors (Lipinski definition) is 2. The number of nitrogen functional groups attached to an aromatic ring is 1. The van der Waals surface area contributed by atoms with Crippen LogP contribution in [0.2, 0.25) is 0 Å². The number of anilines is 1. The third kappa shape index (κ3) is 1.63. The first kappa shape index (κ1) is 11.1. The number of carbonyl (C=O) groups excluding carboxylic acids is 2. The quantitative estimate of drug-likeness (QED) is 0.708. The lowest BCUT2D eigenvalue weighted by molar-refractivity contribution is -0.123. The third-order valence-electron chi connectivity index (χ3n) is 3.71. The topological polar surface area (TPSA) is 75.4 Å². The van der Waals surface area contributed by atoms with Crippen LogP contribution in [0.3, 0.4) is 0 Å². The molecule has 0 saturated carbocycles. The minimum Gasteiger partial charge on any atom is -0.398 e. The fraction of sp³-hybridized carbons (Fsp3) is 0.385. The highest BCUT2D eigenvalue weighted by molar-refractivity contribution is 6.00. The maximum Gasteiger partial charge on any atom is 0.254 e. The molecule has 1 aromatic carbocycles. The van der Waals surface area contributed by atoms with Crippen LogP contribution in [-0.4, -0.2) is 29.3 Å². The summed E-state index contributed by atoms with van der Waals surface area (Å²) in [5, 5.41) is 2.81. The van der Waals surface area contributed by atoms with Gasteiger partial charge in [-0.25, -0.2) is 0 Å². The van der Waals surface area contributed by atoms with E-state index in [0.717, 1.165) is 12.0 Å². The van der Waals surface area contributed by atoms with Crippen molar-refractivity contribution < 1.29 is 9.59 Å². The van der Waals surface area contributed by atoms with Gasteiger partial charge in [-0.05, 0) is 18.6 Å². The van der Waals surface area contributed by atoms with E-state index in [0.29, 0.717) is 30.8 Å². The molecule has 1 atom stereocenters. The van der Waals surface area contributed by atoms with Crippen LogP contribution in [0.25, 0.3) is 0 Å². The Hall–Kier alpha value is -2.04. The fourth-order valence-electron chi connectivity index (χ4n) is 2.66. The van der Waals surface area contributed by atoms with Gasteiger partial charge in [0.05, 0.1) is 6.04 Å². The molecule has 0 aromatic heterocycles. The minimum atomic E-state index is 0.0263. The molecule has 0 aliphatic carbocycles. The van der Waals surface area contributed by atoms with Crippen LogP contribution in [0.5, 0.6) is 0 Å². The first-order valence-corrected chi connectivity index (χ1v) is 6.12. The molecule has 0 spiro atoms. The average Bonchev–Trinajstić information content (AvgIpc) is 2.70. The van der Waals surface area contributed by atoms with Crippen molar-refractivity contribution in [2.75, 3.05) is 12.3 Å². The summed E-state index contributed by atoms with van der Waals surface area (Å²) < 4.78 is 0. The Kier molecular flexibility index (Phi) is 2.47. The molecule has 5 nitrogen and oxygen atoms in total. The van der Waals surface area contributed by atoms with Crippen molar-refractivity contribution in [1.29, 1.82) is 0 Å². The predicted molar refractivity (Wildman–Crippen MR) is 66.8 cm³/mol. The van der Waals surface area contributed by atoms with Gasteiger partial charge in [-0.1, -0.05) is 6.07 Å². The zero-order valence-corrected chi connectivity index (χ0v) is 9.98. The zero-order valence-electron chi connectivity index (χ0n) is 9.98. The Labute approximate surface area is 105 Å². The van der Waals surface area contributed by atoms with Crippen molar-refractivity contribution in [3.05, 3.63) is 29.3 Å². The second kappa shape index (κ2) is 4.01. The van der Waals surface area contributed by atoms with Gasteiger partial charge in [0, 0.05) is 36.3 Å². The number of nitrogens with zero attached hydrogens (tertiary/aromatic N) is 1. The number of nitrogens with one attached hydrogen (secondary N) is 1. The number of piperidine rings is 1. The maximum atomic E-state index is 12.3. The lowest BCUT2D eigenvalue weighted by atomic mass is 10.1. The molecule has 3 rings (SSSR count). The number of nitrogens with two attached hydrogens (primary N) is 1. The molecule has 2 heterocycles. The summed E-state index contributed by atoms with van der Waals surface area (Å²) >= 11 is 0. The van der Waals surface area contributed by atoms with Gasteiger partial charge in [0.25, 0.3) is 5.91 Å². The number of carbonyl (C=O) groups is 2. The average molecular weight is 245 g/mol. The summed E-state index contributed by atoms with van der Waals surface area (Å²) in [7, 11) is 0. The van der Waals surface area contributed by atoms with E-state index in [1.54, 1.807) is 6.07 Å². The highest BCUT2D eigenvalue weighted by Gasteiger charge is 2.35. The van der Waals surface area contributed by atoms with Crippen molar-refractivity contribution in [2.45, 2.75) is 25.4 Å². The van der Waals surface area contributed by atoms with Crippen molar-refractivity contribution in [1.82, 2.24) is 10.2 Å². The molecule has 2 amide bonds. The van der Waals surface area contributed by atoms with Crippen LogP contribution < -0.4 is 11.1 Å². The molecule has 1 saturated heterocycles. The number of hydrogen-bond acceptors (Lipinski definition) is 3. The predicted octanol–water partition coefficient (Wildman–Crippen LogP) is 0.503. The van der Waals surface area contributed by atoms with Gasteiger partial charge >= 0.3 is 0 Å². The second-order valence-corrected chi connectivity index (χ2v) is 4.80. The Balaban J connectivity index is 1.84. The first-order valence-electron chi connectivity index (χ1n) is 6.12. The van der Waals surface area contributed by atoms with E-state index < -0.39 is 0 Å². The van der Waals surface area contributed by atoms with Gasteiger partial charge in [-0.15, -0.1) is 0 Å². The summed E-state index contributed by atoms with van der Waals surface area (Å²) in [6.07, 6.45) is 1.21. The Bertz CT molecular complexity index is 517. The molecule has 1 unspecified atom stereocenters. The molecule has 2 aliphatic rings. The molecule has 1 aromatic rings. The summed E-state index contributed by atoms with van der Waals surface area (Å²) in [4.78, 5) is 25.3. The second-order valence-electron chi connectivity index (χ2n) is 4.80.